The van der Waals surface area contributed by atoms with Crippen LogP contribution >= 0.6 is 0 Å². The van der Waals surface area contributed by atoms with Crippen LogP contribution in [-0.2, 0) is 29.2 Å². The third kappa shape index (κ3) is 65.8. The molecule has 0 saturated heterocycles. The summed E-state index contributed by atoms with van der Waals surface area (Å²) in [5.74, 6) is 0. The minimum atomic E-state index is -4.50. The quantitative estimate of drug-likeness (QED) is 0.0256. The van der Waals surface area contributed by atoms with Crippen LogP contribution in [0, 0.1) is 0 Å². The van der Waals surface area contributed by atoms with Gasteiger partial charge in [0.2, 0.25) is 20.8 Å². The van der Waals surface area contributed by atoms with E-state index >= 15 is 0 Å². The van der Waals surface area contributed by atoms with E-state index in [4.69, 9.17) is 0 Å². The largest absolute Gasteiger partial charge is 2.00 e. The first kappa shape index (κ1) is 61.8. The van der Waals surface area contributed by atoms with Crippen LogP contribution in [0.5, 0.6) is 0 Å². The normalized spacial score (nSPS) is 11.7. The second-order valence-electron chi connectivity index (χ2n) is 16.6. The molecule has 0 aliphatic heterocycles. The molecule has 0 atom stereocenters. The zero-order valence-electron chi connectivity index (χ0n) is 37.9. The second kappa shape index (κ2) is 50.9. The maximum absolute atomic E-state index is 10.3. The molecule has 11 heteroatoms. The molecular weight excluding hydrogens is 769 g/mol. The van der Waals surface area contributed by atoms with E-state index in [-0.39, 0.29) is 36.3 Å². The van der Waals surface area contributed by atoms with Crippen LogP contribution in [0.2, 0.25) is 0 Å². The van der Waals surface area contributed by atoms with Crippen molar-refractivity contribution in [1.29, 1.82) is 0 Å². The molecule has 340 valence electrons. The number of hydrogen-bond donors (Lipinski definition) is 0. The monoisotopic (exact) mass is 863 g/mol. The summed E-state index contributed by atoms with van der Waals surface area (Å²) >= 11 is 0. The SMILES string of the molecule is CCCCCCCCCCCCCCCCCCCCCCCOS(=O)(=O)[O-].CCCCCCCCCCCCCCCCCCCCCCCOS(=O)(=O)[O-].[Mg+2]. The van der Waals surface area contributed by atoms with Crippen molar-refractivity contribution in [3.05, 3.63) is 0 Å². The smallest absolute Gasteiger partial charge is 0.726 e. The average Bonchev–Trinajstić information content (AvgIpc) is 3.15. The van der Waals surface area contributed by atoms with Gasteiger partial charge in [0.05, 0.1) is 13.2 Å². The van der Waals surface area contributed by atoms with Crippen molar-refractivity contribution < 1.29 is 34.3 Å². The Hall–Kier alpha value is 0.506. The van der Waals surface area contributed by atoms with E-state index in [1.165, 1.54) is 231 Å². The van der Waals surface area contributed by atoms with Gasteiger partial charge in [0, 0.05) is 0 Å². The Morgan fingerprint density at radius 1 is 0.263 bits per heavy atom. The van der Waals surface area contributed by atoms with Gasteiger partial charge in [-0.2, -0.15) is 0 Å². The minimum absolute atomic E-state index is 0. The molecule has 0 aromatic heterocycles. The Morgan fingerprint density at radius 3 is 0.509 bits per heavy atom. The zero-order valence-corrected chi connectivity index (χ0v) is 40.9. The first-order chi connectivity index (χ1) is 27.1. The van der Waals surface area contributed by atoms with E-state index in [9.17, 15) is 25.9 Å². The van der Waals surface area contributed by atoms with Crippen LogP contribution in [0.1, 0.15) is 284 Å². The predicted molar refractivity (Wildman–Crippen MR) is 242 cm³/mol. The Kier molecular flexibility index (Phi) is 55.1. The fraction of sp³-hybridized carbons (Fsp3) is 1.00. The molecule has 0 amide bonds. The summed E-state index contributed by atoms with van der Waals surface area (Å²) in [4.78, 5) is 0. The molecule has 0 N–H and O–H groups in total. The Bertz CT molecular complexity index is 874. The fourth-order valence-corrected chi connectivity index (χ4v) is 8.03. The van der Waals surface area contributed by atoms with E-state index in [1.807, 2.05) is 0 Å². The van der Waals surface area contributed by atoms with Gasteiger partial charge in [-0.25, -0.2) is 16.8 Å². The number of hydrogen-bond acceptors (Lipinski definition) is 8. The topological polar surface area (TPSA) is 133 Å². The van der Waals surface area contributed by atoms with E-state index in [0.717, 1.165) is 25.7 Å². The molecule has 0 radical (unpaired) electrons. The van der Waals surface area contributed by atoms with Gasteiger partial charge in [-0.1, -0.05) is 271 Å². The van der Waals surface area contributed by atoms with Gasteiger partial charge in [0.1, 0.15) is 0 Å². The molecule has 0 heterocycles. The number of rotatable bonds is 46. The van der Waals surface area contributed by atoms with Gasteiger partial charge in [0.25, 0.3) is 0 Å². The Morgan fingerprint density at radius 2 is 0.386 bits per heavy atom. The summed E-state index contributed by atoms with van der Waals surface area (Å²) in [6, 6.07) is 0. The van der Waals surface area contributed by atoms with Crippen LogP contribution in [-0.4, -0.2) is 62.2 Å². The maximum Gasteiger partial charge on any atom is 2.00 e. The van der Waals surface area contributed by atoms with E-state index in [2.05, 4.69) is 22.2 Å². The van der Waals surface area contributed by atoms with Gasteiger partial charge < -0.3 is 9.11 Å². The molecule has 8 nitrogen and oxygen atoms in total. The van der Waals surface area contributed by atoms with Crippen molar-refractivity contribution >= 4 is 43.9 Å². The fourth-order valence-electron chi connectivity index (χ4n) is 7.39. The third-order valence-corrected chi connectivity index (χ3v) is 11.9. The van der Waals surface area contributed by atoms with Gasteiger partial charge in [-0.05, 0) is 12.8 Å². The van der Waals surface area contributed by atoms with Crippen LogP contribution in [0.4, 0.5) is 0 Å². The van der Waals surface area contributed by atoms with Crippen molar-refractivity contribution in [3.8, 4) is 0 Å². The summed E-state index contributed by atoms with van der Waals surface area (Å²) in [7, 11) is -9.00. The van der Waals surface area contributed by atoms with Crippen molar-refractivity contribution in [2.75, 3.05) is 13.2 Å². The second-order valence-corrected chi connectivity index (χ2v) is 18.7. The molecule has 0 aliphatic rings. The zero-order chi connectivity index (χ0) is 41.5. The van der Waals surface area contributed by atoms with E-state index in [1.54, 1.807) is 0 Å². The molecule has 0 bridgehead atoms. The van der Waals surface area contributed by atoms with E-state index in [0.29, 0.717) is 12.8 Å². The first-order valence-electron chi connectivity index (χ1n) is 24.3. The van der Waals surface area contributed by atoms with Gasteiger partial charge >= 0.3 is 23.1 Å². The van der Waals surface area contributed by atoms with Gasteiger partial charge in [-0.15, -0.1) is 0 Å². The van der Waals surface area contributed by atoms with Crippen molar-refractivity contribution in [2.45, 2.75) is 284 Å². The molecule has 0 saturated carbocycles. The standard InChI is InChI=1S/2C23H48O4S.Mg/c2*1-2-3-4-5-6-7-8-9-10-11-12-13-14-15-16-17-18-19-20-21-22-23-27-28(24,25)26;/h2*2-23H2,1H3,(H,24,25,26);/q;;+2/p-2. The van der Waals surface area contributed by atoms with Crippen LogP contribution in [0.3, 0.4) is 0 Å². The summed E-state index contributed by atoms with van der Waals surface area (Å²) in [5.41, 5.74) is 0. The molecule has 0 fully saturated rings. The van der Waals surface area contributed by atoms with Crippen LogP contribution in [0.25, 0.3) is 0 Å². The van der Waals surface area contributed by atoms with Gasteiger partial charge in [-0.3, -0.25) is 8.37 Å². The molecule has 0 rings (SSSR count). The molecule has 0 unspecified atom stereocenters. The maximum atomic E-state index is 10.3. The molecule has 0 aliphatic carbocycles. The van der Waals surface area contributed by atoms with Crippen molar-refractivity contribution in [2.24, 2.45) is 0 Å². The van der Waals surface area contributed by atoms with Crippen molar-refractivity contribution in [1.82, 2.24) is 0 Å². The van der Waals surface area contributed by atoms with Gasteiger partial charge in [0.15, 0.2) is 0 Å². The average molecular weight is 864 g/mol. The van der Waals surface area contributed by atoms with Crippen LogP contribution < -0.4 is 0 Å². The molecule has 57 heavy (non-hydrogen) atoms. The predicted octanol–water partition coefficient (Wildman–Crippen LogP) is 15.0. The molecule has 0 aromatic carbocycles. The summed E-state index contributed by atoms with van der Waals surface area (Å²) < 4.78 is 69.9. The third-order valence-electron chi connectivity index (χ3n) is 11.0. The van der Waals surface area contributed by atoms with Crippen molar-refractivity contribution in [3.63, 3.8) is 0 Å². The summed E-state index contributed by atoms with van der Waals surface area (Å²) in [6.45, 7) is 4.62. The van der Waals surface area contributed by atoms with E-state index < -0.39 is 20.8 Å². The summed E-state index contributed by atoms with van der Waals surface area (Å²) in [6.07, 6.45) is 55.3. The number of unbranched alkanes of at least 4 members (excludes halogenated alkanes) is 40. The van der Waals surface area contributed by atoms with Crippen LogP contribution in [0.15, 0.2) is 0 Å². The molecular formula is C46H94MgO8S2. The first-order valence-corrected chi connectivity index (χ1v) is 27.0. The molecule has 0 aromatic rings. The molecule has 0 spiro atoms. The minimum Gasteiger partial charge on any atom is -0.726 e. The summed E-state index contributed by atoms with van der Waals surface area (Å²) in [5, 5.41) is 0. The Balaban J connectivity index is -0.00000101. The Labute approximate surface area is 372 Å².